The molecule has 1 amide bonds. The van der Waals surface area contributed by atoms with Crippen LogP contribution in [0.15, 0.2) is 59.1 Å². The quantitative estimate of drug-likeness (QED) is 0.347. The lowest BCUT2D eigenvalue weighted by molar-refractivity contribution is -0.129. The Morgan fingerprint density at radius 2 is 2.09 bits per heavy atom. The fourth-order valence-electron chi connectivity index (χ4n) is 3.47. The number of nitrogen functional groups attached to an aromatic ring is 1. The average Bonchev–Trinajstić information content (AvgIpc) is 3.38. The van der Waals surface area contributed by atoms with E-state index in [0.717, 1.165) is 22.5 Å². The lowest BCUT2D eigenvalue weighted by atomic mass is 10.1. The first-order chi connectivity index (χ1) is 15.2. The predicted molar refractivity (Wildman–Crippen MR) is 124 cm³/mol. The predicted octanol–water partition coefficient (Wildman–Crippen LogP) is 2.83. The number of hydrogen-bond acceptors (Lipinski definition) is 6. The molecule has 11 heteroatoms. The van der Waals surface area contributed by atoms with E-state index in [1.54, 1.807) is 41.4 Å². The summed E-state index contributed by atoms with van der Waals surface area (Å²) in [5.74, 6) is -0.327. The first-order valence-electron chi connectivity index (χ1n) is 9.68. The number of amidine groups is 1. The Hall–Kier alpha value is -2.79. The van der Waals surface area contributed by atoms with E-state index >= 15 is 0 Å². The standard InChI is InChI=1S/C21H20ClN5O3S2/c22-16-9-15(10-25-11-16)18-4-5-19(31-18)32(29,30)26-17-6-7-27(21(17)28)12-13-2-1-3-14(8-13)20(23)24/h1-5,8-11,17,26H,6-7,12H2,(H3,23,24)/t17-/m0/s1. The zero-order valence-electron chi connectivity index (χ0n) is 16.8. The van der Waals surface area contributed by atoms with Gasteiger partial charge in [0.2, 0.25) is 5.91 Å². The molecule has 1 aliphatic rings. The molecule has 1 aromatic carbocycles. The molecule has 0 radical (unpaired) electrons. The maximum Gasteiger partial charge on any atom is 0.250 e. The number of nitrogens with two attached hydrogens (primary N) is 1. The Labute approximate surface area is 194 Å². The largest absolute Gasteiger partial charge is 0.384 e. The molecule has 0 aliphatic carbocycles. The fourth-order valence-corrected chi connectivity index (χ4v) is 6.18. The molecule has 8 nitrogen and oxygen atoms in total. The van der Waals surface area contributed by atoms with Crippen LogP contribution in [-0.4, -0.2) is 42.6 Å². The summed E-state index contributed by atoms with van der Waals surface area (Å²) in [5, 5.41) is 8.01. The highest BCUT2D eigenvalue weighted by atomic mass is 35.5. The highest BCUT2D eigenvalue weighted by Gasteiger charge is 2.35. The first-order valence-corrected chi connectivity index (χ1v) is 12.4. The second-order valence-electron chi connectivity index (χ2n) is 7.35. The summed E-state index contributed by atoms with van der Waals surface area (Å²) in [7, 11) is -3.87. The van der Waals surface area contributed by atoms with Crippen molar-refractivity contribution in [2.24, 2.45) is 5.73 Å². The van der Waals surface area contributed by atoms with Crippen LogP contribution in [0.4, 0.5) is 0 Å². The Bertz CT molecular complexity index is 1290. The minimum Gasteiger partial charge on any atom is -0.384 e. The number of nitrogens with zero attached hydrogens (tertiary/aromatic N) is 2. The number of benzene rings is 1. The molecule has 3 aromatic rings. The van der Waals surface area contributed by atoms with Gasteiger partial charge in [-0.2, -0.15) is 4.72 Å². The van der Waals surface area contributed by atoms with E-state index in [1.165, 1.54) is 12.3 Å². The number of halogens is 1. The molecule has 0 unspecified atom stereocenters. The number of pyridine rings is 1. The molecule has 1 atom stereocenters. The van der Waals surface area contributed by atoms with Crippen LogP contribution < -0.4 is 10.5 Å². The van der Waals surface area contributed by atoms with Crippen molar-refractivity contribution in [1.29, 1.82) is 5.41 Å². The number of hydrogen-bond donors (Lipinski definition) is 3. The topological polar surface area (TPSA) is 129 Å². The van der Waals surface area contributed by atoms with E-state index in [4.69, 9.17) is 22.7 Å². The first kappa shape index (κ1) is 22.4. The molecule has 4 rings (SSSR count). The van der Waals surface area contributed by atoms with Gasteiger partial charge in [-0.25, -0.2) is 8.42 Å². The third-order valence-corrected chi connectivity index (χ3v) is 8.35. The van der Waals surface area contributed by atoms with Crippen molar-refractivity contribution in [2.75, 3.05) is 6.54 Å². The van der Waals surface area contributed by atoms with Gasteiger partial charge in [-0.05, 0) is 36.2 Å². The van der Waals surface area contributed by atoms with Gasteiger partial charge in [0.15, 0.2) is 0 Å². The highest BCUT2D eigenvalue weighted by molar-refractivity contribution is 7.91. The van der Waals surface area contributed by atoms with E-state index in [-0.39, 0.29) is 16.0 Å². The van der Waals surface area contributed by atoms with Crippen molar-refractivity contribution in [1.82, 2.24) is 14.6 Å². The van der Waals surface area contributed by atoms with Gasteiger partial charge in [-0.1, -0.05) is 29.8 Å². The van der Waals surface area contributed by atoms with Gasteiger partial charge in [0, 0.05) is 41.5 Å². The lowest BCUT2D eigenvalue weighted by Crippen LogP contribution is -2.41. The number of thiophene rings is 1. The molecular weight excluding hydrogens is 470 g/mol. The Balaban J connectivity index is 1.45. The molecule has 1 aliphatic heterocycles. The van der Waals surface area contributed by atoms with Crippen molar-refractivity contribution in [3.8, 4) is 10.4 Å². The molecule has 4 N–H and O–H groups in total. The van der Waals surface area contributed by atoms with Crippen LogP contribution in [0.5, 0.6) is 0 Å². The number of likely N-dealkylation sites (tertiary alicyclic amines) is 1. The van der Waals surface area contributed by atoms with Gasteiger partial charge in [-0.15, -0.1) is 11.3 Å². The van der Waals surface area contributed by atoms with Crippen molar-refractivity contribution in [3.63, 3.8) is 0 Å². The van der Waals surface area contributed by atoms with Gasteiger partial charge in [0.25, 0.3) is 10.0 Å². The van der Waals surface area contributed by atoms with Crippen LogP contribution in [0, 0.1) is 5.41 Å². The van der Waals surface area contributed by atoms with E-state index < -0.39 is 16.1 Å². The van der Waals surface area contributed by atoms with E-state index in [1.807, 2.05) is 6.07 Å². The van der Waals surface area contributed by atoms with Crippen molar-refractivity contribution in [3.05, 3.63) is 71.0 Å². The number of rotatable bonds is 7. The molecule has 0 bridgehead atoms. The normalized spacial score (nSPS) is 16.5. The van der Waals surface area contributed by atoms with Crippen molar-refractivity contribution >= 4 is 44.7 Å². The highest BCUT2D eigenvalue weighted by Crippen LogP contribution is 2.32. The Morgan fingerprint density at radius 1 is 1.28 bits per heavy atom. The molecular formula is C21H20ClN5O3S2. The Kier molecular flexibility index (Phi) is 6.29. The number of amides is 1. The summed E-state index contributed by atoms with van der Waals surface area (Å²) in [6.07, 6.45) is 3.49. The number of carbonyl (C=O) groups excluding carboxylic acids is 1. The smallest absolute Gasteiger partial charge is 0.250 e. The minimum absolute atomic E-state index is 0.0471. The van der Waals surface area contributed by atoms with E-state index in [2.05, 4.69) is 9.71 Å². The number of aromatic nitrogens is 1. The molecule has 2 aromatic heterocycles. The molecule has 0 saturated carbocycles. The number of nitrogens with one attached hydrogen (secondary N) is 2. The van der Waals surface area contributed by atoms with Crippen LogP contribution in [0.3, 0.4) is 0 Å². The maximum atomic E-state index is 12.9. The zero-order chi connectivity index (χ0) is 22.9. The van der Waals surface area contributed by atoms with Crippen molar-refractivity contribution < 1.29 is 13.2 Å². The van der Waals surface area contributed by atoms with Crippen molar-refractivity contribution in [2.45, 2.75) is 23.2 Å². The lowest BCUT2D eigenvalue weighted by Gasteiger charge is -2.17. The van der Waals surface area contributed by atoms with Crippen LogP contribution in [0.1, 0.15) is 17.5 Å². The summed E-state index contributed by atoms with van der Waals surface area (Å²) >= 11 is 7.06. The van der Waals surface area contributed by atoms with Gasteiger partial charge >= 0.3 is 0 Å². The minimum atomic E-state index is -3.87. The summed E-state index contributed by atoms with van der Waals surface area (Å²) < 4.78 is 28.4. The fraction of sp³-hybridized carbons (Fsp3) is 0.190. The van der Waals surface area contributed by atoms with Gasteiger partial charge in [0.1, 0.15) is 16.1 Å². The summed E-state index contributed by atoms with van der Waals surface area (Å²) in [6.45, 7) is 0.753. The van der Waals surface area contributed by atoms with Gasteiger partial charge in [-0.3, -0.25) is 15.2 Å². The average molecular weight is 490 g/mol. The summed E-state index contributed by atoms with van der Waals surface area (Å²) in [6, 6.07) is 11.2. The second kappa shape index (κ2) is 8.99. The third-order valence-electron chi connectivity index (χ3n) is 5.04. The van der Waals surface area contributed by atoms with Crippen LogP contribution in [0.25, 0.3) is 10.4 Å². The van der Waals surface area contributed by atoms with E-state index in [9.17, 15) is 13.2 Å². The van der Waals surface area contributed by atoms with Crippen LogP contribution in [-0.2, 0) is 21.4 Å². The number of sulfonamides is 1. The molecule has 32 heavy (non-hydrogen) atoms. The molecule has 1 saturated heterocycles. The number of carbonyl (C=O) groups is 1. The second-order valence-corrected chi connectivity index (χ2v) is 10.8. The molecule has 0 spiro atoms. The maximum absolute atomic E-state index is 12.9. The molecule has 166 valence electrons. The van der Waals surface area contributed by atoms with Crippen LogP contribution >= 0.6 is 22.9 Å². The molecule has 1 fully saturated rings. The monoisotopic (exact) mass is 489 g/mol. The molecule has 3 heterocycles. The van der Waals surface area contributed by atoms with Gasteiger partial charge in [0.05, 0.1) is 5.02 Å². The zero-order valence-corrected chi connectivity index (χ0v) is 19.2. The third kappa shape index (κ3) is 4.83. The summed E-state index contributed by atoms with van der Waals surface area (Å²) in [5.41, 5.74) is 7.66. The van der Waals surface area contributed by atoms with Crippen LogP contribution in [0.2, 0.25) is 5.02 Å². The van der Waals surface area contributed by atoms with Gasteiger partial charge < -0.3 is 10.6 Å². The Morgan fingerprint density at radius 3 is 2.84 bits per heavy atom. The van der Waals surface area contributed by atoms with E-state index in [0.29, 0.717) is 35.0 Å². The SMILES string of the molecule is N=C(N)c1cccc(CN2CC[C@H](NS(=O)(=O)c3ccc(-c4cncc(Cl)c4)s3)C2=O)c1. The summed E-state index contributed by atoms with van der Waals surface area (Å²) in [4.78, 5) is 19.2.